The van der Waals surface area contributed by atoms with Crippen LogP contribution in [-0.2, 0) is 23.7 Å². The Bertz CT molecular complexity index is 1070. The molecule has 1 unspecified atom stereocenters. The zero-order valence-corrected chi connectivity index (χ0v) is 17.0. The van der Waals surface area contributed by atoms with Crippen molar-refractivity contribution in [1.29, 1.82) is 5.26 Å². The fourth-order valence-corrected chi connectivity index (χ4v) is 3.63. The highest BCUT2D eigenvalue weighted by atomic mass is 19.4. The largest absolute Gasteiger partial charge is 0.480 e. The van der Waals surface area contributed by atoms with Gasteiger partial charge in [-0.2, -0.15) is 31.6 Å². The van der Waals surface area contributed by atoms with E-state index < -0.39 is 46.5 Å². The van der Waals surface area contributed by atoms with Crippen LogP contribution in [0, 0.1) is 16.7 Å². The van der Waals surface area contributed by atoms with Gasteiger partial charge in [0.1, 0.15) is 5.75 Å². The van der Waals surface area contributed by atoms with Gasteiger partial charge in [0.25, 0.3) is 5.91 Å². The van der Waals surface area contributed by atoms with Gasteiger partial charge in [0.05, 0.1) is 22.8 Å². The summed E-state index contributed by atoms with van der Waals surface area (Å²) in [5.41, 5.74) is -3.16. The van der Waals surface area contributed by atoms with Gasteiger partial charge >= 0.3 is 12.4 Å². The molecule has 0 aliphatic carbocycles. The molecule has 3 rings (SSSR count). The number of likely N-dealkylation sites (tertiary alicyclic amines) is 1. The molecule has 4 nitrogen and oxygen atoms in total. The Hall–Kier alpha value is -3.22. The van der Waals surface area contributed by atoms with Crippen molar-refractivity contribution in [3.63, 3.8) is 0 Å². The van der Waals surface area contributed by atoms with E-state index in [9.17, 15) is 31.1 Å². The Morgan fingerprint density at radius 3 is 2.38 bits per heavy atom. The van der Waals surface area contributed by atoms with Crippen molar-refractivity contribution < 1.29 is 35.9 Å². The predicted molar refractivity (Wildman–Crippen MR) is 101 cm³/mol. The molecule has 0 spiro atoms. The summed E-state index contributed by atoms with van der Waals surface area (Å²) in [6.07, 6.45) is -10.5. The van der Waals surface area contributed by atoms with Crippen LogP contribution in [-0.4, -0.2) is 23.5 Å². The first-order chi connectivity index (χ1) is 14.7. The summed E-state index contributed by atoms with van der Waals surface area (Å²) in [5.74, 6) is -0.783. The van der Waals surface area contributed by atoms with E-state index in [1.165, 1.54) is 29.2 Å². The topological polar surface area (TPSA) is 53.3 Å². The van der Waals surface area contributed by atoms with E-state index in [1.54, 1.807) is 13.8 Å². The molecule has 0 bridgehead atoms. The molecule has 1 aliphatic heterocycles. The van der Waals surface area contributed by atoms with Crippen LogP contribution in [0.1, 0.15) is 36.1 Å². The zero-order chi connectivity index (χ0) is 23.9. The minimum atomic E-state index is -4.78. The number of halogens is 6. The molecule has 0 aromatic heterocycles. The molecule has 1 heterocycles. The maximum atomic E-state index is 13.2. The number of alkyl halides is 6. The van der Waals surface area contributed by atoms with Gasteiger partial charge in [-0.05, 0) is 35.9 Å². The fraction of sp³-hybridized carbons (Fsp3) is 0.364. The molecule has 1 atom stereocenters. The molecule has 10 heteroatoms. The van der Waals surface area contributed by atoms with Crippen LogP contribution < -0.4 is 4.74 Å². The third-order valence-electron chi connectivity index (χ3n) is 5.14. The molecule has 1 aliphatic rings. The summed E-state index contributed by atoms with van der Waals surface area (Å²) in [7, 11) is 0. The monoisotopic (exact) mass is 456 g/mol. The number of amides is 1. The molecule has 1 fully saturated rings. The van der Waals surface area contributed by atoms with Gasteiger partial charge < -0.3 is 9.64 Å². The number of ether oxygens (including phenoxy) is 1. The summed E-state index contributed by atoms with van der Waals surface area (Å²) in [5, 5.41) is 8.90. The molecular weight excluding hydrogens is 438 g/mol. The van der Waals surface area contributed by atoms with Crippen LogP contribution in [0.2, 0.25) is 0 Å². The van der Waals surface area contributed by atoms with Crippen molar-refractivity contribution in [1.82, 2.24) is 4.90 Å². The van der Waals surface area contributed by atoms with Crippen LogP contribution in [0.25, 0.3) is 0 Å². The van der Waals surface area contributed by atoms with E-state index in [4.69, 9.17) is 10.00 Å². The molecular formula is C22H18F6N2O2. The van der Waals surface area contributed by atoms with Gasteiger partial charge in [-0.15, -0.1) is 0 Å². The summed E-state index contributed by atoms with van der Waals surface area (Å²) in [6, 6.07) is 8.84. The number of nitriles is 1. The lowest BCUT2D eigenvalue weighted by Crippen LogP contribution is -2.36. The third-order valence-corrected chi connectivity index (χ3v) is 5.14. The highest BCUT2D eigenvalue weighted by Gasteiger charge is 2.48. The van der Waals surface area contributed by atoms with Crippen LogP contribution in [0.3, 0.4) is 0 Å². The van der Waals surface area contributed by atoms with Gasteiger partial charge in [-0.1, -0.05) is 26.0 Å². The number of benzene rings is 2. The van der Waals surface area contributed by atoms with E-state index in [-0.39, 0.29) is 24.4 Å². The molecule has 170 valence electrons. The summed E-state index contributed by atoms with van der Waals surface area (Å²) in [4.78, 5) is 14.2. The lowest BCUT2D eigenvalue weighted by Gasteiger charge is -2.24. The quantitative estimate of drug-likeness (QED) is 0.578. The van der Waals surface area contributed by atoms with Gasteiger partial charge in [0, 0.05) is 18.5 Å². The van der Waals surface area contributed by atoms with Crippen LogP contribution in [0.4, 0.5) is 26.3 Å². The Morgan fingerprint density at radius 2 is 1.78 bits per heavy atom. The van der Waals surface area contributed by atoms with Gasteiger partial charge in [0.15, 0.2) is 6.10 Å². The Morgan fingerprint density at radius 1 is 1.09 bits per heavy atom. The first-order valence-corrected chi connectivity index (χ1v) is 9.45. The number of carbonyl (C=O) groups is 1. The van der Waals surface area contributed by atoms with Crippen LogP contribution in [0.5, 0.6) is 5.75 Å². The van der Waals surface area contributed by atoms with E-state index in [0.29, 0.717) is 6.07 Å². The number of hydrogen-bond donors (Lipinski definition) is 0. The number of nitrogens with zero attached hydrogens (tertiary/aromatic N) is 2. The molecule has 0 radical (unpaired) electrons. The second-order valence-corrected chi connectivity index (χ2v) is 8.20. The lowest BCUT2D eigenvalue weighted by atomic mass is 9.89. The average Bonchev–Trinajstić information content (AvgIpc) is 2.89. The van der Waals surface area contributed by atoms with Crippen molar-refractivity contribution >= 4 is 5.91 Å². The molecule has 2 aromatic carbocycles. The van der Waals surface area contributed by atoms with Crippen molar-refractivity contribution in [3.8, 4) is 11.8 Å². The van der Waals surface area contributed by atoms with Crippen molar-refractivity contribution in [2.75, 3.05) is 6.54 Å². The second kappa shape index (κ2) is 8.04. The Kier molecular flexibility index (Phi) is 5.89. The maximum Gasteiger partial charge on any atom is 0.417 e. The van der Waals surface area contributed by atoms with E-state index in [1.807, 2.05) is 0 Å². The first-order valence-electron chi connectivity index (χ1n) is 9.45. The standard InChI is InChI=1S/C22H18F6N2O2/c1-20(2)12-30(11-13-4-3-5-15(8-13)21(23,24)25)19(31)18(20)32-16-7-6-14(10-29)17(9-16)22(26,27)28/h3-9,18H,11-12H2,1-2H3. The summed E-state index contributed by atoms with van der Waals surface area (Å²) < 4.78 is 84.1. The van der Waals surface area contributed by atoms with E-state index in [2.05, 4.69) is 0 Å². The molecule has 1 amide bonds. The predicted octanol–water partition coefficient (Wildman–Crippen LogP) is 5.41. The number of carbonyl (C=O) groups excluding carboxylic acids is 1. The molecule has 0 N–H and O–H groups in total. The Balaban J connectivity index is 1.83. The normalized spacial score (nSPS) is 18.5. The van der Waals surface area contributed by atoms with Crippen molar-refractivity contribution in [3.05, 3.63) is 64.7 Å². The Labute approximate surface area is 180 Å². The number of rotatable bonds is 4. The van der Waals surface area contributed by atoms with E-state index in [0.717, 1.165) is 18.2 Å². The summed E-state index contributed by atoms with van der Waals surface area (Å²) in [6.45, 7) is 3.38. The SMILES string of the molecule is CC1(C)CN(Cc2cccc(C(F)(F)F)c2)C(=O)C1Oc1ccc(C#N)c(C(F)(F)F)c1. The molecule has 32 heavy (non-hydrogen) atoms. The summed E-state index contributed by atoms with van der Waals surface area (Å²) >= 11 is 0. The second-order valence-electron chi connectivity index (χ2n) is 8.20. The zero-order valence-electron chi connectivity index (χ0n) is 17.0. The third kappa shape index (κ3) is 4.82. The van der Waals surface area contributed by atoms with Crippen LogP contribution in [0.15, 0.2) is 42.5 Å². The molecule has 1 saturated heterocycles. The molecule has 2 aromatic rings. The first kappa shape index (κ1) is 23.4. The smallest absolute Gasteiger partial charge is 0.417 e. The van der Waals surface area contributed by atoms with Gasteiger partial charge in [-0.3, -0.25) is 4.79 Å². The van der Waals surface area contributed by atoms with Gasteiger partial charge in [0.2, 0.25) is 0 Å². The number of hydrogen-bond acceptors (Lipinski definition) is 3. The van der Waals surface area contributed by atoms with Gasteiger partial charge in [-0.25, -0.2) is 0 Å². The van der Waals surface area contributed by atoms with Crippen molar-refractivity contribution in [2.45, 2.75) is 38.8 Å². The highest BCUT2D eigenvalue weighted by molar-refractivity contribution is 5.84. The van der Waals surface area contributed by atoms with Crippen LogP contribution >= 0.6 is 0 Å². The van der Waals surface area contributed by atoms with Crippen molar-refractivity contribution in [2.24, 2.45) is 5.41 Å². The fourth-order valence-electron chi connectivity index (χ4n) is 3.63. The lowest BCUT2D eigenvalue weighted by molar-refractivity contribution is -0.138. The van der Waals surface area contributed by atoms with E-state index >= 15 is 0 Å². The average molecular weight is 456 g/mol. The maximum absolute atomic E-state index is 13.2. The highest BCUT2D eigenvalue weighted by Crippen LogP contribution is 2.38. The minimum Gasteiger partial charge on any atom is -0.480 e. The molecule has 0 saturated carbocycles. The minimum absolute atomic E-state index is 0.104.